The molecule has 1 N–H and O–H groups in total. The zero-order valence-electron chi connectivity index (χ0n) is 14.0. The van der Waals surface area contributed by atoms with Crippen LogP contribution in [0.2, 0.25) is 0 Å². The lowest BCUT2D eigenvalue weighted by Crippen LogP contribution is -2.59. The van der Waals surface area contributed by atoms with E-state index < -0.39 is 11.6 Å². The summed E-state index contributed by atoms with van der Waals surface area (Å²) in [6.45, 7) is 2.56. The van der Waals surface area contributed by atoms with E-state index in [1.165, 1.54) is 19.2 Å². The first kappa shape index (κ1) is 17.3. The van der Waals surface area contributed by atoms with E-state index in [1.54, 1.807) is 6.07 Å². The van der Waals surface area contributed by atoms with Crippen LogP contribution in [0.25, 0.3) is 0 Å². The molecule has 1 atom stereocenters. The number of benzene rings is 1. The molecule has 6 heteroatoms. The first-order valence-electron chi connectivity index (χ1n) is 8.47. The van der Waals surface area contributed by atoms with Gasteiger partial charge in [-0.15, -0.1) is 0 Å². The third-order valence-electron chi connectivity index (χ3n) is 5.52. The van der Waals surface area contributed by atoms with Crippen molar-refractivity contribution in [2.45, 2.75) is 38.3 Å². The third-order valence-corrected chi connectivity index (χ3v) is 5.52. The van der Waals surface area contributed by atoms with Crippen LogP contribution in [-0.4, -0.2) is 43.7 Å². The molecule has 0 radical (unpaired) electrons. The Labute approximate surface area is 141 Å². The normalized spacial score (nSPS) is 23.0. The van der Waals surface area contributed by atoms with E-state index >= 15 is 0 Å². The number of halogens is 2. The minimum atomic E-state index is -0.805. The summed E-state index contributed by atoms with van der Waals surface area (Å²) in [5.74, 6) is -1.65. The fourth-order valence-corrected chi connectivity index (χ4v) is 3.94. The minimum Gasteiger partial charge on any atom is -0.375 e. The van der Waals surface area contributed by atoms with Crippen molar-refractivity contribution >= 4 is 5.91 Å². The molecule has 3 rings (SSSR count). The number of rotatable bonds is 5. The third kappa shape index (κ3) is 3.59. The summed E-state index contributed by atoms with van der Waals surface area (Å²) in [5, 5.41) is 3.08. The number of amides is 1. The van der Waals surface area contributed by atoms with Crippen molar-refractivity contribution in [2.75, 3.05) is 26.8 Å². The van der Waals surface area contributed by atoms with Crippen LogP contribution in [0.1, 0.15) is 31.2 Å². The molecule has 1 spiro atoms. The first-order valence-corrected chi connectivity index (χ1v) is 8.47. The van der Waals surface area contributed by atoms with Crippen molar-refractivity contribution in [3.05, 3.63) is 35.4 Å². The average molecular weight is 338 g/mol. The minimum absolute atomic E-state index is 0.0502. The van der Waals surface area contributed by atoms with Gasteiger partial charge in [-0.25, -0.2) is 8.78 Å². The number of ether oxygens (including phenoxy) is 1. The number of likely N-dealkylation sites (tertiary alicyclic amines) is 1. The summed E-state index contributed by atoms with van der Waals surface area (Å²) in [7, 11) is 1.52. The van der Waals surface area contributed by atoms with Crippen molar-refractivity contribution in [1.82, 2.24) is 10.2 Å². The van der Waals surface area contributed by atoms with Gasteiger partial charge >= 0.3 is 0 Å². The molecule has 1 aliphatic carbocycles. The zero-order chi connectivity index (χ0) is 17.2. The molecule has 24 heavy (non-hydrogen) atoms. The smallest absolute Gasteiger partial charge is 0.246 e. The van der Waals surface area contributed by atoms with Crippen LogP contribution in [0.3, 0.4) is 0 Å². The number of carbonyl (C=O) groups is 1. The Morgan fingerprint density at radius 2 is 2.04 bits per heavy atom. The van der Waals surface area contributed by atoms with Crippen LogP contribution >= 0.6 is 0 Å². The van der Waals surface area contributed by atoms with Gasteiger partial charge in [-0.3, -0.25) is 9.69 Å². The molecule has 4 nitrogen and oxygen atoms in total. The molecule has 0 bridgehead atoms. The highest BCUT2D eigenvalue weighted by Crippen LogP contribution is 2.49. The van der Waals surface area contributed by atoms with Crippen LogP contribution in [0.4, 0.5) is 8.78 Å². The van der Waals surface area contributed by atoms with E-state index in [1.807, 2.05) is 0 Å². The van der Waals surface area contributed by atoms with E-state index in [-0.39, 0.29) is 24.0 Å². The molecule has 1 saturated carbocycles. The Balaban J connectivity index is 1.52. The van der Waals surface area contributed by atoms with Crippen LogP contribution in [0, 0.1) is 17.0 Å². The maximum Gasteiger partial charge on any atom is 0.246 e. The van der Waals surface area contributed by atoms with E-state index in [2.05, 4.69) is 10.2 Å². The molecular formula is C18H24F2N2O2. The Kier molecular flexibility index (Phi) is 5.15. The molecule has 1 saturated heterocycles. The van der Waals surface area contributed by atoms with Gasteiger partial charge in [0.1, 0.15) is 6.61 Å². The highest BCUT2D eigenvalue weighted by molar-refractivity contribution is 5.77. The fraction of sp³-hybridized carbons (Fsp3) is 0.611. The van der Waals surface area contributed by atoms with Crippen LogP contribution < -0.4 is 5.32 Å². The molecule has 1 amide bonds. The van der Waals surface area contributed by atoms with Gasteiger partial charge in [0.15, 0.2) is 11.6 Å². The Hall–Kier alpha value is -1.53. The van der Waals surface area contributed by atoms with E-state index in [4.69, 9.17) is 4.74 Å². The van der Waals surface area contributed by atoms with Crippen molar-refractivity contribution in [2.24, 2.45) is 5.41 Å². The molecule has 1 aliphatic heterocycles. The van der Waals surface area contributed by atoms with Crippen LogP contribution in [0.5, 0.6) is 0 Å². The molecule has 0 aromatic heterocycles. The van der Waals surface area contributed by atoms with Gasteiger partial charge in [-0.2, -0.15) is 0 Å². The van der Waals surface area contributed by atoms with Gasteiger partial charge in [-0.1, -0.05) is 6.07 Å². The van der Waals surface area contributed by atoms with E-state index in [0.29, 0.717) is 6.54 Å². The second-order valence-corrected chi connectivity index (χ2v) is 6.98. The van der Waals surface area contributed by atoms with Gasteiger partial charge in [0, 0.05) is 19.7 Å². The van der Waals surface area contributed by atoms with Crippen LogP contribution in [0.15, 0.2) is 18.2 Å². The highest BCUT2D eigenvalue weighted by Gasteiger charge is 2.48. The topological polar surface area (TPSA) is 41.6 Å². The number of nitrogens with zero attached hydrogens (tertiary/aromatic N) is 1. The Morgan fingerprint density at radius 3 is 2.62 bits per heavy atom. The maximum atomic E-state index is 13.3. The van der Waals surface area contributed by atoms with Crippen molar-refractivity contribution in [3.8, 4) is 0 Å². The molecule has 2 aliphatic rings. The number of carbonyl (C=O) groups excluding carboxylic acids is 1. The van der Waals surface area contributed by atoms with Gasteiger partial charge in [0.05, 0.1) is 0 Å². The molecule has 1 aromatic rings. The molecule has 1 unspecified atom stereocenters. The lowest BCUT2D eigenvalue weighted by Gasteiger charge is -2.54. The van der Waals surface area contributed by atoms with Crippen molar-refractivity contribution in [3.63, 3.8) is 0 Å². The SMILES string of the molecule is COCC(=O)NC1CCC12CCN(Cc1ccc(F)c(F)c1)CC2. The summed E-state index contributed by atoms with van der Waals surface area (Å²) in [5.41, 5.74) is 0.997. The molecule has 1 heterocycles. The Bertz CT molecular complexity index is 601. The average Bonchev–Trinajstić information content (AvgIpc) is 2.56. The van der Waals surface area contributed by atoms with Gasteiger partial charge < -0.3 is 10.1 Å². The lowest BCUT2D eigenvalue weighted by atomic mass is 9.59. The molecule has 132 valence electrons. The second-order valence-electron chi connectivity index (χ2n) is 6.98. The second kappa shape index (κ2) is 7.15. The zero-order valence-corrected chi connectivity index (χ0v) is 14.0. The van der Waals surface area contributed by atoms with Crippen LogP contribution in [-0.2, 0) is 16.1 Å². The fourth-order valence-electron chi connectivity index (χ4n) is 3.94. The maximum absolute atomic E-state index is 13.3. The first-order chi connectivity index (χ1) is 11.5. The number of methoxy groups -OCH3 is 1. The Morgan fingerprint density at radius 1 is 1.29 bits per heavy atom. The predicted octanol–water partition coefficient (Wildman–Crippen LogP) is 2.47. The number of piperidine rings is 1. The molecule has 1 aromatic carbocycles. The molecule has 2 fully saturated rings. The largest absolute Gasteiger partial charge is 0.375 e. The highest BCUT2D eigenvalue weighted by atomic mass is 19.2. The standard InChI is InChI=1S/C18H24F2N2O2/c1-24-12-17(23)21-16-4-5-18(16)6-8-22(9-7-18)11-13-2-3-14(19)15(20)10-13/h2-3,10,16H,4-9,11-12H2,1H3,(H,21,23). The number of nitrogens with one attached hydrogen (secondary N) is 1. The number of hydrogen-bond donors (Lipinski definition) is 1. The summed E-state index contributed by atoms with van der Waals surface area (Å²) >= 11 is 0. The summed E-state index contributed by atoms with van der Waals surface area (Å²) in [6.07, 6.45) is 4.21. The van der Waals surface area contributed by atoms with Crippen molar-refractivity contribution < 1.29 is 18.3 Å². The summed E-state index contributed by atoms with van der Waals surface area (Å²) in [4.78, 5) is 14.0. The number of hydrogen-bond acceptors (Lipinski definition) is 3. The van der Waals surface area contributed by atoms with Gasteiger partial charge in [0.25, 0.3) is 0 Å². The van der Waals surface area contributed by atoms with Gasteiger partial charge in [0.2, 0.25) is 5.91 Å². The lowest BCUT2D eigenvalue weighted by molar-refractivity contribution is -0.129. The van der Waals surface area contributed by atoms with Gasteiger partial charge in [-0.05, 0) is 61.9 Å². The predicted molar refractivity (Wildman–Crippen MR) is 86.3 cm³/mol. The summed E-state index contributed by atoms with van der Waals surface area (Å²) < 4.78 is 31.2. The quantitative estimate of drug-likeness (QED) is 0.897. The van der Waals surface area contributed by atoms with Crippen molar-refractivity contribution in [1.29, 1.82) is 0 Å². The summed E-state index contributed by atoms with van der Waals surface area (Å²) in [6, 6.07) is 4.34. The molecular weight excluding hydrogens is 314 g/mol. The van der Waals surface area contributed by atoms with E-state index in [9.17, 15) is 13.6 Å². The monoisotopic (exact) mass is 338 g/mol. The van der Waals surface area contributed by atoms with E-state index in [0.717, 1.165) is 44.3 Å².